The predicted octanol–water partition coefficient (Wildman–Crippen LogP) is 1.45. The van der Waals surface area contributed by atoms with Crippen molar-refractivity contribution in [3.05, 3.63) is 24.2 Å². The standard InChI is InChI=1S/C12H20N2O2/c1-3-5-11(13)12(15)14-9(2)8-10-6-4-7-16-10/h4,6-7,9,11H,3,5,8,13H2,1-2H3,(H,14,15)/t9?,11-/m1/s1. The van der Waals surface area contributed by atoms with Crippen LogP contribution in [0.15, 0.2) is 22.8 Å². The van der Waals surface area contributed by atoms with Crippen LogP contribution < -0.4 is 11.1 Å². The zero-order chi connectivity index (χ0) is 12.0. The number of furan rings is 1. The predicted molar refractivity (Wildman–Crippen MR) is 62.9 cm³/mol. The minimum Gasteiger partial charge on any atom is -0.469 e. The summed E-state index contributed by atoms with van der Waals surface area (Å²) in [5.74, 6) is 0.790. The molecule has 0 aliphatic carbocycles. The Bertz CT molecular complexity index is 309. The molecule has 1 amide bonds. The lowest BCUT2D eigenvalue weighted by Crippen LogP contribution is -2.44. The van der Waals surface area contributed by atoms with Gasteiger partial charge in [0.25, 0.3) is 0 Å². The molecule has 0 saturated carbocycles. The van der Waals surface area contributed by atoms with Crippen molar-refractivity contribution in [2.24, 2.45) is 5.73 Å². The lowest BCUT2D eigenvalue weighted by Gasteiger charge is -2.16. The van der Waals surface area contributed by atoms with Crippen LogP contribution in [0.2, 0.25) is 0 Å². The van der Waals surface area contributed by atoms with E-state index in [-0.39, 0.29) is 11.9 Å². The Morgan fingerprint density at radius 1 is 1.62 bits per heavy atom. The van der Waals surface area contributed by atoms with Crippen LogP contribution in [0, 0.1) is 0 Å². The number of hydrogen-bond donors (Lipinski definition) is 2. The van der Waals surface area contributed by atoms with Crippen LogP contribution in [0.5, 0.6) is 0 Å². The van der Waals surface area contributed by atoms with Gasteiger partial charge in [0, 0.05) is 12.5 Å². The molecular weight excluding hydrogens is 204 g/mol. The van der Waals surface area contributed by atoms with E-state index in [1.54, 1.807) is 6.26 Å². The molecule has 16 heavy (non-hydrogen) atoms. The van der Waals surface area contributed by atoms with Crippen LogP contribution in [-0.2, 0) is 11.2 Å². The Balaban J connectivity index is 2.33. The molecule has 0 fully saturated rings. The number of hydrogen-bond acceptors (Lipinski definition) is 3. The van der Waals surface area contributed by atoms with E-state index >= 15 is 0 Å². The SMILES string of the molecule is CCC[C@@H](N)C(=O)NC(C)Cc1ccco1. The van der Waals surface area contributed by atoms with E-state index in [9.17, 15) is 4.79 Å². The van der Waals surface area contributed by atoms with Crippen molar-refractivity contribution in [2.75, 3.05) is 0 Å². The van der Waals surface area contributed by atoms with Gasteiger partial charge in [0.1, 0.15) is 5.76 Å². The van der Waals surface area contributed by atoms with Crippen LogP contribution in [0.25, 0.3) is 0 Å². The van der Waals surface area contributed by atoms with Gasteiger partial charge in [-0.15, -0.1) is 0 Å². The van der Waals surface area contributed by atoms with Gasteiger partial charge in [-0.25, -0.2) is 0 Å². The van der Waals surface area contributed by atoms with E-state index in [1.165, 1.54) is 0 Å². The van der Waals surface area contributed by atoms with Gasteiger partial charge in [0.05, 0.1) is 12.3 Å². The van der Waals surface area contributed by atoms with Crippen LogP contribution in [-0.4, -0.2) is 18.0 Å². The number of nitrogens with two attached hydrogens (primary N) is 1. The average Bonchev–Trinajstić information content (AvgIpc) is 2.70. The van der Waals surface area contributed by atoms with Crippen molar-refractivity contribution in [3.8, 4) is 0 Å². The molecule has 1 aromatic heterocycles. The van der Waals surface area contributed by atoms with Crippen molar-refractivity contribution < 1.29 is 9.21 Å². The summed E-state index contributed by atoms with van der Waals surface area (Å²) in [4.78, 5) is 11.6. The van der Waals surface area contributed by atoms with E-state index < -0.39 is 6.04 Å². The summed E-state index contributed by atoms with van der Waals surface area (Å²) < 4.78 is 5.21. The molecule has 2 atom stereocenters. The highest BCUT2D eigenvalue weighted by molar-refractivity contribution is 5.81. The van der Waals surface area contributed by atoms with Gasteiger partial charge in [-0.2, -0.15) is 0 Å². The molecule has 0 aromatic carbocycles. The van der Waals surface area contributed by atoms with Gasteiger partial charge < -0.3 is 15.5 Å². The fraction of sp³-hybridized carbons (Fsp3) is 0.583. The summed E-state index contributed by atoms with van der Waals surface area (Å²) in [6.07, 6.45) is 3.96. The fourth-order valence-corrected chi connectivity index (χ4v) is 1.57. The smallest absolute Gasteiger partial charge is 0.237 e. The first-order valence-corrected chi connectivity index (χ1v) is 5.71. The molecule has 1 unspecified atom stereocenters. The van der Waals surface area contributed by atoms with Gasteiger partial charge in [0.15, 0.2) is 0 Å². The molecule has 0 aliphatic rings. The van der Waals surface area contributed by atoms with E-state index in [0.717, 1.165) is 18.6 Å². The largest absolute Gasteiger partial charge is 0.469 e. The summed E-state index contributed by atoms with van der Waals surface area (Å²) in [6.45, 7) is 3.96. The summed E-state index contributed by atoms with van der Waals surface area (Å²) in [5.41, 5.74) is 5.71. The molecule has 3 N–H and O–H groups in total. The maximum absolute atomic E-state index is 11.6. The summed E-state index contributed by atoms with van der Waals surface area (Å²) in [7, 11) is 0. The maximum atomic E-state index is 11.6. The molecular formula is C12H20N2O2. The van der Waals surface area contributed by atoms with Crippen LogP contribution in [0.4, 0.5) is 0 Å². The minimum atomic E-state index is -0.399. The quantitative estimate of drug-likeness (QED) is 0.768. The Hall–Kier alpha value is -1.29. The second-order valence-electron chi connectivity index (χ2n) is 4.09. The zero-order valence-corrected chi connectivity index (χ0v) is 9.90. The first-order chi connectivity index (χ1) is 7.63. The Morgan fingerprint density at radius 2 is 2.38 bits per heavy atom. The van der Waals surface area contributed by atoms with E-state index in [1.807, 2.05) is 26.0 Å². The second-order valence-corrected chi connectivity index (χ2v) is 4.09. The molecule has 0 radical (unpaired) electrons. The number of rotatable bonds is 6. The summed E-state index contributed by atoms with van der Waals surface area (Å²) >= 11 is 0. The van der Waals surface area contributed by atoms with Crippen LogP contribution in [0.1, 0.15) is 32.4 Å². The monoisotopic (exact) mass is 224 g/mol. The third-order valence-corrected chi connectivity index (χ3v) is 2.41. The van der Waals surface area contributed by atoms with Crippen molar-refractivity contribution >= 4 is 5.91 Å². The highest BCUT2D eigenvalue weighted by Crippen LogP contribution is 2.04. The molecule has 1 aromatic rings. The first kappa shape index (κ1) is 12.8. The highest BCUT2D eigenvalue weighted by Gasteiger charge is 2.15. The van der Waals surface area contributed by atoms with Gasteiger partial charge in [-0.1, -0.05) is 13.3 Å². The highest BCUT2D eigenvalue weighted by atomic mass is 16.3. The average molecular weight is 224 g/mol. The van der Waals surface area contributed by atoms with Crippen molar-refractivity contribution in [1.82, 2.24) is 5.32 Å². The number of carbonyl (C=O) groups is 1. The molecule has 0 saturated heterocycles. The van der Waals surface area contributed by atoms with Gasteiger partial charge in [0.2, 0.25) is 5.91 Å². The van der Waals surface area contributed by atoms with Crippen molar-refractivity contribution in [3.63, 3.8) is 0 Å². The summed E-state index contributed by atoms with van der Waals surface area (Å²) in [5, 5.41) is 2.88. The third-order valence-electron chi connectivity index (χ3n) is 2.41. The topological polar surface area (TPSA) is 68.3 Å². The Morgan fingerprint density at radius 3 is 2.94 bits per heavy atom. The Labute approximate surface area is 96.2 Å². The third kappa shape index (κ3) is 4.06. The first-order valence-electron chi connectivity index (χ1n) is 5.71. The summed E-state index contributed by atoms with van der Waals surface area (Å²) in [6, 6.07) is 3.38. The molecule has 0 spiro atoms. The molecule has 0 bridgehead atoms. The van der Waals surface area contributed by atoms with Gasteiger partial charge >= 0.3 is 0 Å². The lowest BCUT2D eigenvalue weighted by atomic mass is 10.1. The molecule has 1 heterocycles. The van der Waals surface area contributed by atoms with E-state index in [2.05, 4.69) is 5.32 Å². The van der Waals surface area contributed by atoms with Crippen LogP contribution >= 0.6 is 0 Å². The molecule has 4 heteroatoms. The maximum Gasteiger partial charge on any atom is 0.237 e. The second kappa shape index (κ2) is 6.33. The normalized spacial score (nSPS) is 14.4. The number of nitrogens with one attached hydrogen (secondary N) is 1. The molecule has 90 valence electrons. The van der Waals surface area contributed by atoms with Crippen molar-refractivity contribution in [2.45, 2.75) is 45.2 Å². The number of carbonyl (C=O) groups excluding carboxylic acids is 1. The molecule has 0 aliphatic heterocycles. The Kier molecular flexibility index (Phi) is 5.05. The fourth-order valence-electron chi connectivity index (χ4n) is 1.57. The molecule has 1 rings (SSSR count). The lowest BCUT2D eigenvalue weighted by molar-refractivity contribution is -0.123. The van der Waals surface area contributed by atoms with Gasteiger partial charge in [-0.05, 0) is 25.5 Å². The van der Waals surface area contributed by atoms with Gasteiger partial charge in [-0.3, -0.25) is 4.79 Å². The van der Waals surface area contributed by atoms with E-state index in [0.29, 0.717) is 6.42 Å². The number of amides is 1. The molecule has 4 nitrogen and oxygen atoms in total. The van der Waals surface area contributed by atoms with Crippen LogP contribution in [0.3, 0.4) is 0 Å². The van der Waals surface area contributed by atoms with Crippen molar-refractivity contribution in [1.29, 1.82) is 0 Å². The van der Waals surface area contributed by atoms with E-state index in [4.69, 9.17) is 10.2 Å². The minimum absolute atomic E-state index is 0.0431. The zero-order valence-electron chi connectivity index (χ0n) is 9.90.